The molecular weight excluding hydrogens is 376 g/mol. The highest BCUT2D eigenvalue weighted by molar-refractivity contribution is 6.09. The second-order valence-electron chi connectivity index (χ2n) is 6.78. The van der Waals surface area contributed by atoms with Gasteiger partial charge in [-0.2, -0.15) is 0 Å². The van der Waals surface area contributed by atoms with Crippen LogP contribution >= 0.6 is 0 Å². The van der Waals surface area contributed by atoms with Gasteiger partial charge in [-0.05, 0) is 44.2 Å². The van der Waals surface area contributed by atoms with Gasteiger partial charge in [0.05, 0.1) is 19.3 Å². The van der Waals surface area contributed by atoms with Gasteiger partial charge in [0.15, 0.2) is 0 Å². The Bertz CT molecular complexity index is 1070. The minimum atomic E-state index is -1.60. The number of amides is 2. The Morgan fingerprint density at radius 1 is 1.17 bits per heavy atom. The van der Waals surface area contributed by atoms with E-state index < -0.39 is 24.0 Å². The standard InChI is InChI=1S/C21H22N2O6/c1-12-18(19(25)23-21(2,11-24)20(22)26)16-10-15(7-8-17(16)28-12)29-14-6-4-5-13(9-14)27-3/h4-10,24H,11H2,1-3H3,(H2,22,26)(H,23,25)/t21-/m0/s1. The van der Waals surface area contributed by atoms with Gasteiger partial charge in [-0.3, -0.25) is 9.59 Å². The van der Waals surface area contributed by atoms with Crippen molar-refractivity contribution in [3.05, 3.63) is 53.8 Å². The zero-order valence-electron chi connectivity index (χ0n) is 16.3. The van der Waals surface area contributed by atoms with Crippen LogP contribution in [0.5, 0.6) is 17.2 Å². The van der Waals surface area contributed by atoms with E-state index in [2.05, 4.69) is 5.32 Å². The van der Waals surface area contributed by atoms with E-state index in [1.807, 2.05) is 0 Å². The van der Waals surface area contributed by atoms with Crippen molar-refractivity contribution in [1.29, 1.82) is 0 Å². The SMILES string of the molecule is COc1cccc(Oc2ccc3oc(C)c(C(=O)N[C@@](C)(CO)C(N)=O)c3c2)c1. The Balaban J connectivity index is 1.96. The molecule has 0 spiro atoms. The first-order valence-electron chi connectivity index (χ1n) is 8.85. The van der Waals surface area contributed by atoms with Crippen LogP contribution in [-0.2, 0) is 4.79 Å². The minimum absolute atomic E-state index is 0.233. The summed E-state index contributed by atoms with van der Waals surface area (Å²) in [6, 6.07) is 12.2. The first kappa shape index (κ1) is 20.2. The monoisotopic (exact) mass is 398 g/mol. The quantitative estimate of drug-likeness (QED) is 0.562. The van der Waals surface area contributed by atoms with E-state index in [1.165, 1.54) is 6.92 Å². The van der Waals surface area contributed by atoms with Gasteiger partial charge in [-0.1, -0.05) is 6.07 Å². The van der Waals surface area contributed by atoms with Gasteiger partial charge < -0.3 is 30.0 Å². The maximum absolute atomic E-state index is 12.8. The number of aliphatic hydroxyl groups is 1. The number of ether oxygens (including phenoxy) is 2. The number of nitrogens with one attached hydrogen (secondary N) is 1. The van der Waals surface area contributed by atoms with Crippen LogP contribution in [0, 0.1) is 6.92 Å². The molecule has 2 amide bonds. The molecule has 0 aliphatic rings. The third kappa shape index (κ3) is 4.02. The molecule has 0 fully saturated rings. The van der Waals surface area contributed by atoms with Crippen LogP contribution < -0.4 is 20.5 Å². The summed E-state index contributed by atoms with van der Waals surface area (Å²) < 4.78 is 16.7. The van der Waals surface area contributed by atoms with Crippen LogP contribution in [0.4, 0.5) is 0 Å². The Labute approximate surface area is 167 Å². The smallest absolute Gasteiger partial charge is 0.256 e. The topological polar surface area (TPSA) is 124 Å². The lowest BCUT2D eigenvalue weighted by atomic mass is 10.0. The number of rotatable bonds is 7. The highest BCUT2D eigenvalue weighted by Gasteiger charge is 2.34. The molecule has 0 bridgehead atoms. The lowest BCUT2D eigenvalue weighted by molar-refractivity contribution is -0.124. The van der Waals surface area contributed by atoms with E-state index in [1.54, 1.807) is 56.5 Å². The molecule has 0 saturated heterocycles. The summed E-state index contributed by atoms with van der Waals surface area (Å²) in [5.74, 6) is 0.631. The van der Waals surface area contributed by atoms with Crippen molar-refractivity contribution in [3.8, 4) is 17.2 Å². The van der Waals surface area contributed by atoms with E-state index in [0.717, 1.165) is 0 Å². The summed E-state index contributed by atoms with van der Waals surface area (Å²) in [5.41, 5.74) is 4.42. The first-order valence-corrected chi connectivity index (χ1v) is 8.85. The second-order valence-corrected chi connectivity index (χ2v) is 6.78. The van der Waals surface area contributed by atoms with Gasteiger partial charge in [-0.15, -0.1) is 0 Å². The predicted octanol–water partition coefficient (Wildman–Crippen LogP) is 2.51. The Morgan fingerprint density at radius 3 is 2.52 bits per heavy atom. The zero-order chi connectivity index (χ0) is 21.2. The van der Waals surface area contributed by atoms with Crippen molar-refractivity contribution in [2.24, 2.45) is 5.73 Å². The fraction of sp³-hybridized carbons (Fsp3) is 0.238. The molecular formula is C21H22N2O6. The summed E-state index contributed by atoms with van der Waals surface area (Å²) in [6.07, 6.45) is 0. The highest BCUT2D eigenvalue weighted by Crippen LogP contribution is 2.32. The van der Waals surface area contributed by atoms with Crippen LogP contribution in [0.1, 0.15) is 23.0 Å². The number of nitrogens with two attached hydrogens (primary N) is 1. The fourth-order valence-electron chi connectivity index (χ4n) is 2.84. The summed E-state index contributed by atoms with van der Waals surface area (Å²) in [6.45, 7) is 2.35. The van der Waals surface area contributed by atoms with Crippen LogP contribution in [0.2, 0.25) is 0 Å². The molecule has 3 aromatic rings. The van der Waals surface area contributed by atoms with E-state index in [9.17, 15) is 14.7 Å². The molecule has 152 valence electrons. The number of methoxy groups -OCH3 is 1. The van der Waals surface area contributed by atoms with Crippen molar-refractivity contribution in [1.82, 2.24) is 5.32 Å². The molecule has 29 heavy (non-hydrogen) atoms. The molecule has 2 aromatic carbocycles. The lowest BCUT2D eigenvalue weighted by Crippen LogP contribution is -2.57. The summed E-state index contributed by atoms with van der Waals surface area (Å²) in [5, 5.41) is 12.5. The number of hydrogen-bond acceptors (Lipinski definition) is 6. The molecule has 1 aromatic heterocycles. The van der Waals surface area contributed by atoms with Gasteiger partial charge in [-0.25, -0.2) is 0 Å². The molecule has 0 aliphatic carbocycles. The van der Waals surface area contributed by atoms with Crippen LogP contribution in [-0.4, -0.2) is 36.2 Å². The fourth-order valence-corrected chi connectivity index (χ4v) is 2.84. The number of aliphatic hydroxyl groups excluding tert-OH is 1. The molecule has 4 N–H and O–H groups in total. The first-order chi connectivity index (χ1) is 13.8. The number of primary amides is 1. The number of fused-ring (bicyclic) bond motifs is 1. The van der Waals surface area contributed by atoms with E-state index in [4.69, 9.17) is 19.6 Å². The molecule has 1 heterocycles. The third-order valence-electron chi connectivity index (χ3n) is 4.59. The van der Waals surface area contributed by atoms with Crippen molar-refractivity contribution >= 4 is 22.8 Å². The highest BCUT2D eigenvalue weighted by atomic mass is 16.5. The average molecular weight is 398 g/mol. The maximum Gasteiger partial charge on any atom is 0.256 e. The normalized spacial score (nSPS) is 13.0. The Kier molecular flexibility index (Phi) is 5.47. The zero-order valence-corrected chi connectivity index (χ0v) is 16.3. The molecule has 1 atom stereocenters. The lowest BCUT2D eigenvalue weighted by Gasteiger charge is -2.24. The molecule has 0 radical (unpaired) electrons. The van der Waals surface area contributed by atoms with Crippen molar-refractivity contribution < 1.29 is 28.6 Å². The van der Waals surface area contributed by atoms with Gasteiger partial charge >= 0.3 is 0 Å². The van der Waals surface area contributed by atoms with Crippen LogP contribution in [0.3, 0.4) is 0 Å². The number of carbonyl (C=O) groups excluding carboxylic acids is 2. The number of furan rings is 1. The number of hydrogen-bond donors (Lipinski definition) is 3. The van der Waals surface area contributed by atoms with Crippen molar-refractivity contribution in [2.45, 2.75) is 19.4 Å². The second kappa shape index (κ2) is 7.84. The van der Waals surface area contributed by atoms with Gasteiger partial charge in [0.2, 0.25) is 5.91 Å². The predicted molar refractivity (Wildman–Crippen MR) is 106 cm³/mol. The van der Waals surface area contributed by atoms with Gasteiger partial charge in [0.25, 0.3) is 5.91 Å². The Hall–Kier alpha value is -3.52. The van der Waals surface area contributed by atoms with Crippen molar-refractivity contribution in [2.75, 3.05) is 13.7 Å². The number of aryl methyl sites for hydroxylation is 1. The van der Waals surface area contributed by atoms with E-state index in [0.29, 0.717) is 34.0 Å². The molecule has 0 aliphatic heterocycles. The summed E-state index contributed by atoms with van der Waals surface area (Å²) >= 11 is 0. The van der Waals surface area contributed by atoms with E-state index >= 15 is 0 Å². The Morgan fingerprint density at radius 2 is 1.86 bits per heavy atom. The van der Waals surface area contributed by atoms with Crippen LogP contribution in [0.25, 0.3) is 11.0 Å². The van der Waals surface area contributed by atoms with E-state index in [-0.39, 0.29) is 5.56 Å². The van der Waals surface area contributed by atoms with Crippen LogP contribution in [0.15, 0.2) is 46.9 Å². The van der Waals surface area contributed by atoms with Crippen molar-refractivity contribution in [3.63, 3.8) is 0 Å². The molecule has 0 saturated carbocycles. The maximum atomic E-state index is 12.8. The molecule has 0 unspecified atom stereocenters. The van der Waals surface area contributed by atoms with Gasteiger partial charge in [0.1, 0.15) is 34.1 Å². The number of carbonyl (C=O) groups is 2. The summed E-state index contributed by atoms with van der Waals surface area (Å²) in [4.78, 5) is 24.4. The minimum Gasteiger partial charge on any atom is -0.497 e. The molecule has 8 nitrogen and oxygen atoms in total. The summed E-state index contributed by atoms with van der Waals surface area (Å²) in [7, 11) is 1.57. The largest absolute Gasteiger partial charge is 0.497 e. The third-order valence-corrected chi connectivity index (χ3v) is 4.59. The molecule has 3 rings (SSSR count). The van der Waals surface area contributed by atoms with Gasteiger partial charge in [0, 0.05) is 11.5 Å². The molecule has 8 heteroatoms. The number of benzene rings is 2. The average Bonchev–Trinajstić information content (AvgIpc) is 3.03.